The zero-order valence-corrected chi connectivity index (χ0v) is 25.3. The summed E-state index contributed by atoms with van der Waals surface area (Å²) in [6, 6.07) is 26.7. The number of rotatable bonds is 9. The summed E-state index contributed by atoms with van der Waals surface area (Å²) in [6.45, 7) is 4.99. The fourth-order valence-electron chi connectivity index (χ4n) is 5.07. The van der Waals surface area contributed by atoms with E-state index in [-0.39, 0.29) is 5.91 Å². The maximum absolute atomic E-state index is 13.3. The summed E-state index contributed by atoms with van der Waals surface area (Å²) < 4.78 is 7.41. The molecule has 0 unspecified atom stereocenters. The van der Waals surface area contributed by atoms with Gasteiger partial charge >= 0.3 is 0 Å². The predicted octanol–water partition coefficient (Wildman–Crippen LogP) is 5.89. The van der Waals surface area contributed by atoms with E-state index in [9.17, 15) is 4.79 Å². The molecule has 10 heteroatoms. The number of methoxy groups -OCH3 is 1. The van der Waals surface area contributed by atoms with Crippen LogP contribution < -0.4 is 9.64 Å². The fraction of sp³-hybridized carbons (Fsp3) is 0.250. The molecule has 3 aromatic carbocycles. The average Bonchev–Trinajstić information content (AvgIpc) is 3.68. The number of piperazine rings is 1. The van der Waals surface area contributed by atoms with Gasteiger partial charge < -0.3 is 14.5 Å². The first kappa shape index (κ1) is 28.0. The number of benzene rings is 3. The van der Waals surface area contributed by atoms with Crippen LogP contribution in [0.2, 0.25) is 0 Å². The number of thioether (sulfide) groups is 1. The molecule has 1 amide bonds. The maximum atomic E-state index is 13.3. The summed E-state index contributed by atoms with van der Waals surface area (Å²) in [4.78, 5) is 22.2. The normalized spacial score (nSPS) is 13.4. The second kappa shape index (κ2) is 12.8. The smallest absolute Gasteiger partial charge is 0.273 e. The number of para-hydroxylation sites is 1. The van der Waals surface area contributed by atoms with Crippen LogP contribution in [-0.4, -0.2) is 63.8 Å². The van der Waals surface area contributed by atoms with Crippen LogP contribution in [0.3, 0.4) is 0 Å². The average molecular weight is 597 g/mol. The van der Waals surface area contributed by atoms with E-state index in [2.05, 4.69) is 63.0 Å². The van der Waals surface area contributed by atoms with Crippen LogP contribution in [0.15, 0.2) is 89.4 Å². The van der Waals surface area contributed by atoms with Gasteiger partial charge in [0.05, 0.1) is 18.6 Å². The number of hydrogen-bond donors (Lipinski definition) is 0. The minimum Gasteiger partial charge on any atom is -0.497 e. The molecule has 1 fully saturated rings. The van der Waals surface area contributed by atoms with Gasteiger partial charge in [0.25, 0.3) is 5.91 Å². The number of amides is 1. The van der Waals surface area contributed by atoms with Gasteiger partial charge in [-0.2, -0.15) is 0 Å². The Kier molecular flexibility index (Phi) is 8.52. The van der Waals surface area contributed by atoms with Crippen molar-refractivity contribution in [2.45, 2.75) is 24.3 Å². The maximum Gasteiger partial charge on any atom is 0.273 e. The Hall–Kier alpha value is -4.15. The van der Waals surface area contributed by atoms with Gasteiger partial charge in [0.1, 0.15) is 22.3 Å². The molecule has 0 radical (unpaired) electrons. The second-order valence-electron chi connectivity index (χ2n) is 10.1. The highest BCUT2D eigenvalue weighted by atomic mass is 32.2. The van der Waals surface area contributed by atoms with E-state index in [4.69, 9.17) is 9.72 Å². The first-order valence-corrected chi connectivity index (χ1v) is 15.8. The van der Waals surface area contributed by atoms with Crippen LogP contribution in [-0.2, 0) is 12.2 Å². The van der Waals surface area contributed by atoms with Gasteiger partial charge in [-0.25, -0.2) is 4.98 Å². The number of hydrogen-bond acceptors (Lipinski definition) is 8. The molecule has 0 saturated carbocycles. The van der Waals surface area contributed by atoms with E-state index in [1.807, 2.05) is 52.7 Å². The molecule has 2 aromatic heterocycles. The Morgan fingerprint density at radius 1 is 0.929 bits per heavy atom. The standard InChI is InChI=1S/C32H32N6O2S2/c1-23-8-6-7-11-28(23)38-29(20-24-9-4-3-5-10-24)34-35-32(38)42-22-30-33-27(21-41-30)31(39)37-18-16-36(17-19-37)25-12-14-26(40-2)15-13-25/h3-15,21H,16-20,22H2,1-2H3. The number of ether oxygens (including phenoxy) is 1. The summed E-state index contributed by atoms with van der Waals surface area (Å²) in [6.07, 6.45) is 0.685. The van der Waals surface area contributed by atoms with Crippen molar-refractivity contribution < 1.29 is 9.53 Å². The quantitative estimate of drug-likeness (QED) is 0.197. The molecule has 3 heterocycles. The molecule has 1 aliphatic rings. The first-order chi connectivity index (χ1) is 20.6. The molecule has 0 atom stereocenters. The Balaban J connectivity index is 1.11. The van der Waals surface area contributed by atoms with Crippen molar-refractivity contribution in [1.82, 2.24) is 24.6 Å². The number of thiazole rings is 1. The lowest BCUT2D eigenvalue weighted by atomic mass is 10.1. The summed E-state index contributed by atoms with van der Waals surface area (Å²) in [5.41, 5.74) is 5.06. The molecule has 0 aliphatic carbocycles. The van der Waals surface area contributed by atoms with Crippen molar-refractivity contribution in [3.63, 3.8) is 0 Å². The van der Waals surface area contributed by atoms with E-state index in [1.165, 1.54) is 16.9 Å². The topological polar surface area (TPSA) is 76.4 Å². The van der Waals surface area contributed by atoms with Gasteiger partial charge in [0, 0.05) is 43.7 Å². The monoisotopic (exact) mass is 596 g/mol. The van der Waals surface area contributed by atoms with Crippen molar-refractivity contribution in [1.29, 1.82) is 0 Å². The van der Waals surface area contributed by atoms with Crippen LogP contribution in [0, 0.1) is 6.92 Å². The Morgan fingerprint density at radius 2 is 1.67 bits per heavy atom. The number of carbonyl (C=O) groups is 1. The molecule has 1 saturated heterocycles. The lowest BCUT2D eigenvalue weighted by Crippen LogP contribution is -2.48. The van der Waals surface area contributed by atoms with Crippen molar-refractivity contribution in [2.75, 3.05) is 38.2 Å². The van der Waals surface area contributed by atoms with Crippen molar-refractivity contribution >= 4 is 34.7 Å². The summed E-state index contributed by atoms with van der Waals surface area (Å²) in [7, 11) is 1.67. The third kappa shape index (κ3) is 6.19. The Bertz CT molecular complexity index is 1640. The third-order valence-corrected chi connectivity index (χ3v) is 9.33. The van der Waals surface area contributed by atoms with Gasteiger partial charge in [-0.3, -0.25) is 9.36 Å². The molecular weight excluding hydrogens is 565 g/mol. The number of carbonyl (C=O) groups excluding carboxylic acids is 1. The minimum absolute atomic E-state index is 0.00916. The number of aryl methyl sites for hydroxylation is 1. The van der Waals surface area contributed by atoms with Crippen molar-refractivity contribution in [2.24, 2.45) is 0 Å². The lowest BCUT2D eigenvalue weighted by Gasteiger charge is -2.35. The van der Waals surface area contributed by atoms with Gasteiger partial charge in [0.2, 0.25) is 0 Å². The molecule has 0 bridgehead atoms. The molecule has 0 N–H and O–H groups in total. The van der Waals surface area contributed by atoms with E-state index in [1.54, 1.807) is 18.9 Å². The Labute approximate surface area is 254 Å². The highest BCUT2D eigenvalue weighted by Crippen LogP contribution is 2.29. The first-order valence-electron chi connectivity index (χ1n) is 13.9. The van der Waals surface area contributed by atoms with Crippen LogP contribution in [0.5, 0.6) is 5.75 Å². The van der Waals surface area contributed by atoms with Gasteiger partial charge in [0.15, 0.2) is 5.16 Å². The van der Waals surface area contributed by atoms with Crippen LogP contribution >= 0.6 is 23.1 Å². The number of nitrogens with zero attached hydrogens (tertiary/aromatic N) is 6. The third-order valence-electron chi connectivity index (χ3n) is 7.36. The highest BCUT2D eigenvalue weighted by Gasteiger charge is 2.24. The zero-order valence-electron chi connectivity index (χ0n) is 23.6. The summed E-state index contributed by atoms with van der Waals surface area (Å²) >= 11 is 3.11. The molecule has 5 aromatic rings. The molecule has 42 heavy (non-hydrogen) atoms. The minimum atomic E-state index is -0.00916. The fourth-order valence-corrected chi connectivity index (χ4v) is 6.82. The SMILES string of the molecule is COc1ccc(N2CCN(C(=O)c3csc(CSc4nnc(Cc5ccccc5)n4-c4ccccc4C)n3)CC2)cc1. The van der Waals surface area contributed by atoms with Crippen molar-refractivity contribution in [3.05, 3.63) is 112 Å². The van der Waals surface area contributed by atoms with Gasteiger partial charge in [-0.15, -0.1) is 21.5 Å². The van der Waals surface area contributed by atoms with E-state index >= 15 is 0 Å². The molecule has 214 valence electrons. The van der Waals surface area contributed by atoms with Gasteiger partial charge in [-0.1, -0.05) is 60.3 Å². The molecule has 6 rings (SSSR count). The van der Waals surface area contributed by atoms with E-state index < -0.39 is 0 Å². The molecular formula is C32H32N6O2S2. The predicted molar refractivity (Wildman–Crippen MR) is 168 cm³/mol. The van der Waals surface area contributed by atoms with Crippen LogP contribution in [0.25, 0.3) is 5.69 Å². The van der Waals surface area contributed by atoms with Crippen LogP contribution in [0.1, 0.15) is 32.4 Å². The number of aromatic nitrogens is 4. The molecule has 1 aliphatic heterocycles. The van der Waals surface area contributed by atoms with Gasteiger partial charge in [-0.05, 0) is 48.4 Å². The van der Waals surface area contributed by atoms with E-state index in [0.717, 1.165) is 51.8 Å². The summed E-state index contributed by atoms with van der Waals surface area (Å²) in [5, 5.41) is 12.7. The highest BCUT2D eigenvalue weighted by molar-refractivity contribution is 7.98. The second-order valence-corrected chi connectivity index (χ2v) is 12.0. The number of anilines is 1. The molecule has 0 spiro atoms. The van der Waals surface area contributed by atoms with Crippen molar-refractivity contribution in [3.8, 4) is 11.4 Å². The zero-order chi connectivity index (χ0) is 28.9. The lowest BCUT2D eigenvalue weighted by molar-refractivity contribution is 0.0741. The molecule has 8 nitrogen and oxygen atoms in total. The largest absolute Gasteiger partial charge is 0.497 e. The summed E-state index contributed by atoms with van der Waals surface area (Å²) in [5.74, 6) is 2.33. The Morgan fingerprint density at radius 3 is 2.40 bits per heavy atom. The van der Waals surface area contributed by atoms with Crippen LogP contribution in [0.4, 0.5) is 5.69 Å². The van der Waals surface area contributed by atoms with E-state index in [0.29, 0.717) is 31.0 Å².